The molecule has 0 aliphatic heterocycles. The lowest BCUT2D eigenvalue weighted by Crippen LogP contribution is -2.09. The molecular formula is C78H59N3. The van der Waals surface area contributed by atoms with E-state index in [1.807, 2.05) is 0 Å². The van der Waals surface area contributed by atoms with Crippen LogP contribution in [0, 0.1) is 20.8 Å². The number of rotatable bonds is 9. The number of benzene rings is 12. The molecule has 1 aliphatic carbocycles. The van der Waals surface area contributed by atoms with Gasteiger partial charge >= 0.3 is 0 Å². The molecule has 0 amide bonds. The highest BCUT2D eigenvalue weighted by Crippen LogP contribution is 2.45. The van der Waals surface area contributed by atoms with Crippen LogP contribution in [0.1, 0.15) is 45.7 Å². The fourth-order valence-electron chi connectivity index (χ4n) is 13.0. The maximum Gasteiger partial charge on any atom is 0.0541 e. The largest absolute Gasteiger partial charge is 0.311 e. The number of anilines is 3. The lowest BCUT2D eigenvalue weighted by Gasteiger charge is -2.26. The van der Waals surface area contributed by atoms with E-state index in [1.54, 1.807) is 0 Å². The molecule has 1 unspecified atom stereocenters. The fraction of sp³-hybridized carbons (Fsp3) is 0.0769. The van der Waals surface area contributed by atoms with Crippen LogP contribution < -0.4 is 4.90 Å². The summed E-state index contributed by atoms with van der Waals surface area (Å²) in [5, 5.41) is 4.99. The molecule has 3 nitrogen and oxygen atoms in total. The third-order valence-corrected chi connectivity index (χ3v) is 17.2. The molecule has 12 aromatic carbocycles. The Morgan fingerprint density at radius 3 is 1.21 bits per heavy atom. The second-order valence-corrected chi connectivity index (χ2v) is 22.3. The van der Waals surface area contributed by atoms with Crippen molar-refractivity contribution in [3.63, 3.8) is 0 Å². The molecule has 0 fully saturated rings. The van der Waals surface area contributed by atoms with Crippen molar-refractivity contribution in [2.24, 2.45) is 0 Å². The van der Waals surface area contributed by atoms with Gasteiger partial charge in [-0.2, -0.15) is 0 Å². The normalized spacial score (nSPS) is 13.1. The first kappa shape index (κ1) is 48.2. The molecule has 1 aliphatic rings. The van der Waals surface area contributed by atoms with Gasteiger partial charge in [0.25, 0.3) is 0 Å². The van der Waals surface area contributed by atoms with E-state index in [4.69, 9.17) is 0 Å². The van der Waals surface area contributed by atoms with E-state index >= 15 is 0 Å². The quantitative estimate of drug-likeness (QED) is 0.140. The Morgan fingerprint density at radius 2 is 0.716 bits per heavy atom. The van der Waals surface area contributed by atoms with E-state index < -0.39 is 0 Å². The predicted octanol–water partition coefficient (Wildman–Crippen LogP) is 21.0. The summed E-state index contributed by atoms with van der Waals surface area (Å²) in [4.78, 5) is 2.40. The lowest BCUT2D eigenvalue weighted by molar-refractivity contribution is 0.725. The molecule has 0 radical (unpaired) electrons. The number of aryl methyl sites for hydroxylation is 4. The first-order valence-corrected chi connectivity index (χ1v) is 28.5. The summed E-state index contributed by atoms with van der Waals surface area (Å²) in [6, 6.07) is 102. The molecule has 14 aromatic rings. The van der Waals surface area contributed by atoms with Crippen molar-refractivity contribution in [3.8, 4) is 55.9 Å². The van der Waals surface area contributed by atoms with Crippen LogP contribution >= 0.6 is 0 Å². The first-order valence-electron chi connectivity index (χ1n) is 28.5. The monoisotopic (exact) mass is 1040 g/mol. The van der Waals surface area contributed by atoms with Crippen LogP contribution in [0.25, 0.3) is 99.5 Å². The van der Waals surface area contributed by atoms with Crippen LogP contribution in [0.5, 0.6) is 0 Å². The Labute approximate surface area is 473 Å². The van der Waals surface area contributed by atoms with Gasteiger partial charge in [0.2, 0.25) is 0 Å². The van der Waals surface area contributed by atoms with Crippen molar-refractivity contribution in [2.45, 2.75) is 39.5 Å². The Hall–Kier alpha value is -9.96. The SMILES string of the molecule is Cc1ccc(C2CCc3ccccc3-c3cc(-c4ccc(N(c5ccc(-c6ccc7c(c6)c6ccccc6n7-c6ccc(C)cc6)cc5)c5ccc(-c6ccc7c(c6)c6ccccc6n7-c6ccc(C)cc6)cc5)cc4)ccc32)cc1. The van der Waals surface area contributed by atoms with Gasteiger partial charge in [-0.15, -0.1) is 0 Å². The Balaban J connectivity index is 0.806. The standard InChI is InChI=1S/C78H59N3/c1-51-16-22-58(23-17-51)68-44-30-57-10-4-5-11-67(57)72-48-59(31-45-69(68)72)54-24-38-62(39-25-54)79(63-40-26-55(27-41-63)60-32-46-77-73(49-60)70-12-6-8-14-75(70)80(77)65-34-18-52(2)19-35-65)64-42-28-56(29-43-64)61-33-47-78-74(50-61)71-13-7-9-15-76(71)81(78)66-36-20-53(3)21-37-66/h4-29,31-43,45-50,68H,30,44H2,1-3H3. The highest BCUT2D eigenvalue weighted by molar-refractivity contribution is 6.11. The Morgan fingerprint density at radius 1 is 0.321 bits per heavy atom. The van der Waals surface area contributed by atoms with Crippen molar-refractivity contribution in [3.05, 3.63) is 306 Å². The number of nitrogens with zero attached hydrogens (tertiary/aromatic N) is 3. The molecule has 2 heterocycles. The van der Waals surface area contributed by atoms with Crippen LogP contribution in [0.3, 0.4) is 0 Å². The highest BCUT2D eigenvalue weighted by Gasteiger charge is 2.25. The molecule has 1 atom stereocenters. The average Bonchev–Trinajstić information content (AvgIpc) is 4.17. The number of hydrogen-bond donors (Lipinski definition) is 0. The second kappa shape index (κ2) is 19.7. The topological polar surface area (TPSA) is 13.1 Å². The Kier molecular flexibility index (Phi) is 11.7. The van der Waals surface area contributed by atoms with E-state index in [9.17, 15) is 0 Å². The number of hydrogen-bond acceptors (Lipinski definition) is 1. The predicted molar refractivity (Wildman–Crippen MR) is 342 cm³/mol. The summed E-state index contributed by atoms with van der Waals surface area (Å²) >= 11 is 0. The first-order chi connectivity index (χ1) is 39.9. The van der Waals surface area contributed by atoms with Gasteiger partial charge in [-0.05, 0) is 198 Å². The molecular weight excluding hydrogens is 979 g/mol. The van der Waals surface area contributed by atoms with Gasteiger partial charge in [-0.1, -0.05) is 187 Å². The zero-order valence-corrected chi connectivity index (χ0v) is 45.8. The third-order valence-electron chi connectivity index (χ3n) is 17.2. The molecule has 15 rings (SSSR count). The van der Waals surface area contributed by atoms with Crippen LogP contribution in [0.4, 0.5) is 17.1 Å². The van der Waals surface area contributed by atoms with Crippen molar-refractivity contribution in [1.29, 1.82) is 0 Å². The van der Waals surface area contributed by atoms with Crippen molar-refractivity contribution < 1.29 is 0 Å². The summed E-state index contributed by atoms with van der Waals surface area (Å²) in [5.41, 5.74) is 28.3. The molecule has 0 spiro atoms. The van der Waals surface area contributed by atoms with Crippen molar-refractivity contribution in [1.82, 2.24) is 9.13 Å². The van der Waals surface area contributed by atoms with Crippen LogP contribution in [-0.4, -0.2) is 9.13 Å². The van der Waals surface area contributed by atoms with E-state index in [-0.39, 0.29) is 0 Å². The molecule has 2 aromatic heterocycles. The summed E-state index contributed by atoms with van der Waals surface area (Å²) in [5.74, 6) is 0.332. The maximum atomic E-state index is 2.44. The summed E-state index contributed by atoms with van der Waals surface area (Å²) < 4.78 is 4.78. The average molecular weight is 1040 g/mol. The number of para-hydroxylation sites is 2. The van der Waals surface area contributed by atoms with Gasteiger partial charge in [-0.25, -0.2) is 0 Å². The summed E-state index contributed by atoms with van der Waals surface area (Å²) in [7, 11) is 0. The minimum atomic E-state index is 0.332. The van der Waals surface area contributed by atoms with Gasteiger partial charge in [0, 0.05) is 55.9 Å². The molecule has 0 N–H and O–H groups in total. The van der Waals surface area contributed by atoms with Gasteiger partial charge in [0.1, 0.15) is 0 Å². The molecule has 386 valence electrons. The molecule has 0 saturated carbocycles. The molecule has 0 bridgehead atoms. The van der Waals surface area contributed by atoms with Crippen LogP contribution in [-0.2, 0) is 6.42 Å². The zero-order chi connectivity index (χ0) is 54.1. The lowest BCUT2D eigenvalue weighted by atomic mass is 9.84. The van der Waals surface area contributed by atoms with Gasteiger partial charge in [0.05, 0.1) is 22.1 Å². The number of aromatic nitrogens is 2. The van der Waals surface area contributed by atoms with Gasteiger partial charge < -0.3 is 14.0 Å². The van der Waals surface area contributed by atoms with E-state index in [1.165, 1.54) is 133 Å². The highest BCUT2D eigenvalue weighted by atomic mass is 15.1. The molecule has 81 heavy (non-hydrogen) atoms. The van der Waals surface area contributed by atoms with Crippen molar-refractivity contribution >= 4 is 60.7 Å². The maximum absolute atomic E-state index is 2.44. The summed E-state index contributed by atoms with van der Waals surface area (Å²) in [6.45, 7) is 6.46. The number of fused-ring (bicyclic) bond motifs is 9. The third kappa shape index (κ3) is 8.52. The van der Waals surface area contributed by atoms with Crippen LogP contribution in [0.15, 0.2) is 273 Å². The fourth-order valence-corrected chi connectivity index (χ4v) is 13.0. The smallest absolute Gasteiger partial charge is 0.0541 e. The second-order valence-electron chi connectivity index (χ2n) is 22.3. The molecule has 3 heteroatoms. The van der Waals surface area contributed by atoms with E-state index in [0.29, 0.717) is 5.92 Å². The van der Waals surface area contributed by atoms with Gasteiger partial charge in [-0.3, -0.25) is 0 Å². The van der Waals surface area contributed by atoms with Crippen LogP contribution in [0.2, 0.25) is 0 Å². The zero-order valence-electron chi connectivity index (χ0n) is 45.8. The Bertz CT molecular complexity index is 4470. The van der Waals surface area contributed by atoms with E-state index in [2.05, 4.69) is 308 Å². The summed E-state index contributed by atoms with van der Waals surface area (Å²) in [6.07, 6.45) is 2.14. The van der Waals surface area contributed by atoms with E-state index in [0.717, 1.165) is 29.9 Å². The minimum absolute atomic E-state index is 0.332. The van der Waals surface area contributed by atoms with Gasteiger partial charge in [0.15, 0.2) is 0 Å². The molecule has 0 saturated heterocycles. The van der Waals surface area contributed by atoms with Crippen molar-refractivity contribution in [2.75, 3.05) is 4.90 Å². The minimum Gasteiger partial charge on any atom is -0.311 e.